The number of nitrogens with zero attached hydrogens (tertiary/aromatic N) is 4. The van der Waals surface area contributed by atoms with Crippen molar-refractivity contribution in [2.24, 2.45) is 11.1 Å². The minimum Gasteiger partial charge on any atom is -0.450 e. The second-order valence-electron chi connectivity index (χ2n) is 9.62. The summed E-state index contributed by atoms with van der Waals surface area (Å²) in [5, 5.41) is 30.8. The standard InChI is InChI=1S/C23H32N6O2.CH2O3/c1-4-29-21-19(14(2)27-29)20(26-16-8-6-5-7-9-16)17(13-25-21)18-12-23(31-28-18)10-15(11-23)22(30)24-3;2-1(3)4/h13,15-16H,4-12H2,1-3H3,(H,24,30)(H,25,26);(H2,2,3,4). The molecule has 0 unspecified atom stereocenters. The van der Waals surface area contributed by atoms with Crippen LogP contribution in [0.5, 0.6) is 0 Å². The first-order valence-corrected chi connectivity index (χ1v) is 12.3. The molecule has 1 aliphatic heterocycles. The van der Waals surface area contributed by atoms with E-state index in [1.54, 1.807) is 7.05 Å². The molecule has 0 bridgehead atoms. The number of fused-ring (bicyclic) bond motifs is 1. The molecule has 2 saturated carbocycles. The minimum atomic E-state index is -1.83. The van der Waals surface area contributed by atoms with Gasteiger partial charge < -0.3 is 25.7 Å². The number of carbonyl (C=O) groups excluding carboxylic acids is 1. The van der Waals surface area contributed by atoms with Crippen LogP contribution >= 0.6 is 0 Å². The molecule has 2 aliphatic carbocycles. The maximum absolute atomic E-state index is 11.9. The molecule has 2 aromatic rings. The van der Waals surface area contributed by atoms with Crippen LogP contribution in [0.25, 0.3) is 11.0 Å². The van der Waals surface area contributed by atoms with Crippen molar-refractivity contribution in [3.05, 3.63) is 17.5 Å². The number of nitrogens with one attached hydrogen (secondary N) is 2. The summed E-state index contributed by atoms with van der Waals surface area (Å²) in [6, 6.07) is 0.459. The molecule has 2 aromatic heterocycles. The number of aromatic nitrogens is 3. The van der Waals surface area contributed by atoms with Crippen LogP contribution in [0.2, 0.25) is 0 Å². The maximum atomic E-state index is 11.9. The van der Waals surface area contributed by atoms with Crippen molar-refractivity contribution in [2.75, 3.05) is 12.4 Å². The number of carboxylic acid groups (broad SMARTS) is 2. The molecular weight excluding hydrogens is 452 g/mol. The van der Waals surface area contributed by atoms with Crippen molar-refractivity contribution in [2.45, 2.75) is 83.4 Å². The van der Waals surface area contributed by atoms with Gasteiger partial charge in [0.05, 0.1) is 22.5 Å². The van der Waals surface area contributed by atoms with Crippen LogP contribution in [0, 0.1) is 12.8 Å². The Balaban J connectivity index is 0.000000672. The summed E-state index contributed by atoms with van der Waals surface area (Å²) in [5.74, 6) is 0.109. The van der Waals surface area contributed by atoms with E-state index in [0.717, 1.165) is 40.2 Å². The third-order valence-corrected chi connectivity index (χ3v) is 7.19. The molecule has 0 aromatic carbocycles. The number of carbonyl (C=O) groups is 2. The van der Waals surface area contributed by atoms with E-state index in [1.165, 1.54) is 32.1 Å². The number of anilines is 1. The normalized spacial score (nSPS) is 23.6. The van der Waals surface area contributed by atoms with Crippen LogP contribution in [0.15, 0.2) is 11.4 Å². The molecule has 0 radical (unpaired) electrons. The number of aryl methyl sites for hydroxylation is 2. The highest BCUT2D eigenvalue weighted by Crippen LogP contribution is 2.48. The van der Waals surface area contributed by atoms with E-state index in [0.29, 0.717) is 25.3 Å². The molecule has 35 heavy (non-hydrogen) atoms. The van der Waals surface area contributed by atoms with E-state index in [1.807, 2.05) is 10.9 Å². The molecule has 5 rings (SSSR count). The van der Waals surface area contributed by atoms with Crippen molar-refractivity contribution >= 4 is 34.5 Å². The predicted octanol–water partition coefficient (Wildman–Crippen LogP) is 3.75. The van der Waals surface area contributed by atoms with Gasteiger partial charge in [-0.1, -0.05) is 24.4 Å². The van der Waals surface area contributed by atoms with Crippen LogP contribution in [0.1, 0.15) is 69.5 Å². The Morgan fingerprint density at radius 2 is 1.91 bits per heavy atom. The molecule has 1 spiro atoms. The molecule has 1 amide bonds. The van der Waals surface area contributed by atoms with Gasteiger partial charge in [-0.25, -0.2) is 14.5 Å². The van der Waals surface area contributed by atoms with Gasteiger partial charge in [-0.2, -0.15) is 5.10 Å². The van der Waals surface area contributed by atoms with Crippen molar-refractivity contribution in [3.63, 3.8) is 0 Å². The van der Waals surface area contributed by atoms with E-state index >= 15 is 0 Å². The highest BCUT2D eigenvalue weighted by molar-refractivity contribution is 6.11. The van der Waals surface area contributed by atoms with Crippen molar-refractivity contribution < 1.29 is 24.6 Å². The maximum Gasteiger partial charge on any atom is 0.503 e. The molecule has 3 heterocycles. The largest absolute Gasteiger partial charge is 0.503 e. The van der Waals surface area contributed by atoms with Gasteiger partial charge in [0.1, 0.15) is 5.60 Å². The highest BCUT2D eigenvalue weighted by Gasteiger charge is 2.53. The number of pyridine rings is 1. The molecule has 3 aliphatic rings. The summed E-state index contributed by atoms with van der Waals surface area (Å²) in [6.45, 7) is 4.93. The molecule has 4 N–H and O–H groups in total. The molecule has 11 nitrogen and oxygen atoms in total. The van der Waals surface area contributed by atoms with Crippen molar-refractivity contribution in [3.8, 4) is 0 Å². The first-order valence-electron chi connectivity index (χ1n) is 12.3. The Morgan fingerprint density at radius 3 is 2.54 bits per heavy atom. The molecule has 0 atom stereocenters. The van der Waals surface area contributed by atoms with Crippen LogP contribution in [-0.4, -0.2) is 61.4 Å². The van der Waals surface area contributed by atoms with Gasteiger partial charge in [-0.05, 0) is 26.7 Å². The summed E-state index contributed by atoms with van der Waals surface area (Å²) in [5.41, 5.74) is 4.59. The first-order chi connectivity index (χ1) is 16.8. The van der Waals surface area contributed by atoms with E-state index in [2.05, 4.69) is 29.6 Å². The lowest BCUT2D eigenvalue weighted by Crippen LogP contribution is -2.49. The van der Waals surface area contributed by atoms with Crippen molar-refractivity contribution in [1.29, 1.82) is 0 Å². The summed E-state index contributed by atoms with van der Waals surface area (Å²) in [6.07, 6.45) is 8.46. The fourth-order valence-corrected chi connectivity index (χ4v) is 5.47. The van der Waals surface area contributed by atoms with Crippen LogP contribution in [0.4, 0.5) is 10.5 Å². The van der Waals surface area contributed by atoms with Gasteiger partial charge in [-0.15, -0.1) is 0 Å². The van der Waals surface area contributed by atoms with Crippen LogP contribution < -0.4 is 10.6 Å². The lowest BCUT2D eigenvalue weighted by atomic mass is 9.68. The lowest BCUT2D eigenvalue weighted by Gasteiger charge is -2.41. The Labute approximate surface area is 203 Å². The number of hydrogen-bond acceptors (Lipinski definition) is 7. The zero-order valence-electron chi connectivity index (χ0n) is 20.5. The van der Waals surface area contributed by atoms with Gasteiger partial charge >= 0.3 is 6.16 Å². The summed E-state index contributed by atoms with van der Waals surface area (Å²) >= 11 is 0. The second kappa shape index (κ2) is 10.1. The zero-order chi connectivity index (χ0) is 25.2. The fraction of sp³-hybridized carbons (Fsp3) is 0.625. The third kappa shape index (κ3) is 5.03. The average molecular weight is 487 g/mol. The monoisotopic (exact) mass is 486 g/mol. The van der Waals surface area contributed by atoms with E-state index < -0.39 is 6.16 Å². The van der Waals surface area contributed by atoms with Gasteiger partial charge in [0, 0.05) is 56.6 Å². The number of oxime groups is 1. The predicted molar refractivity (Wildman–Crippen MR) is 131 cm³/mol. The number of rotatable bonds is 5. The second-order valence-corrected chi connectivity index (χ2v) is 9.62. The minimum absolute atomic E-state index is 0.0185. The van der Waals surface area contributed by atoms with E-state index in [4.69, 9.17) is 29.9 Å². The summed E-state index contributed by atoms with van der Waals surface area (Å²) in [4.78, 5) is 31.2. The topological polar surface area (TPSA) is 151 Å². The summed E-state index contributed by atoms with van der Waals surface area (Å²) in [7, 11) is 1.69. The molecule has 11 heteroatoms. The SMILES string of the molecule is CCn1nc(C)c2c(NC3CCCCC3)c(C3=NOC4(C3)CC(C(=O)NC)C4)cnc21.O=C(O)O. The average Bonchev–Trinajstić information content (AvgIpc) is 3.40. The van der Waals surface area contributed by atoms with Crippen LogP contribution in [-0.2, 0) is 16.2 Å². The zero-order valence-corrected chi connectivity index (χ0v) is 20.5. The van der Waals surface area contributed by atoms with Gasteiger partial charge in [0.15, 0.2) is 5.65 Å². The molecule has 0 saturated heterocycles. The third-order valence-electron chi connectivity index (χ3n) is 7.19. The highest BCUT2D eigenvalue weighted by atomic mass is 16.7. The first kappa shape index (κ1) is 24.7. The van der Waals surface area contributed by atoms with Crippen LogP contribution in [0.3, 0.4) is 0 Å². The quantitative estimate of drug-likeness (QED) is 0.499. The molecular formula is C24H34N6O5. The Morgan fingerprint density at radius 1 is 1.23 bits per heavy atom. The molecule has 190 valence electrons. The van der Waals surface area contributed by atoms with E-state index in [9.17, 15) is 4.79 Å². The Bertz CT molecular complexity index is 1130. The Hall–Kier alpha value is -3.37. The summed E-state index contributed by atoms with van der Waals surface area (Å²) < 4.78 is 1.97. The number of amides is 1. The number of hydrogen-bond donors (Lipinski definition) is 4. The lowest BCUT2D eigenvalue weighted by molar-refractivity contribution is -0.146. The smallest absolute Gasteiger partial charge is 0.450 e. The van der Waals surface area contributed by atoms with Gasteiger partial charge in [-0.3, -0.25) is 4.79 Å². The van der Waals surface area contributed by atoms with Gasteiger partial charge in [0.2, 0.25) is 5.91 Å². The molecule has 2 fully saturated rings. The van der Waals surface area contributed by atoms with E-state index in [-0.39, 0.29) is 17.4 Å². The van der Waals surface area contributed by atoms with Crippen molar-refractivity contribution in [1.82, 2.24) is 20.1 Å². The fourth-order valence-electron chi connectivity index (χ4n) is 5.47. The Kier molecular flexibility index (Phi) is 7.13. The van der Waals surface area contributed by atoms with Gasteiger partial charge in [0.25, 0.3) is 0 Å².